The molecular formula is C19H15FN4O2. The molecule has 0 saturated carbocycles. The summed E-state index contributed by atoms with van der Waals surface area (Å²) >= 11 is 0. The van der Waals surface area contributed by atoms with Crippen LogP contribution in [0.25, 0.3) is 0 Å². The van der Waals surface area contributed by atoms with E-state index in [2.05, 4.69) is 10.3 Å². The fraction of sp³-hybridized carbons (Fsp3) is 0.0526. The van der Waals surface area contributed by atoms with Crippen LogP contribution in [0.15, 0.2) is 71.9 Å². The lowest BCUT2D eigenvalue weighted by molar-refractivity contribution is 0.0976. The van der Waals surface area contributed by atoms with E-state index in [1.165, 1.54) is 47.2 Å². The van der Waals surface area contributed by atoms with E-state index in [-0.39, 0.29) is 23.5 Å². The molecule has 0 aliphatic rings. The number of benzene rings is 1. The Morgan fingerprint density at radius 2 is 1.85 bits per heavy atom. The maximum absolute atomic E-state index is 12.9. The van der Waals surface area contributed by atoms with Crippen LogP contribution in [-0.2, 0) is 6.54 Å². The van der Waals surface area contributed by atoms with Crippen LogP contribution in [0.2, 0.25) is 0 Å². The highest BCUT2D eigenvalue weighted by molar-refractivity contribution is 6.11. The summed E-state index contributed by atoms with van der Waals surface area (Å²) in [6, 6.07) is 11.5. The van der Waals surface area contributed by atoms with E-state index in [9.17, 15) is 14.0 Å². The van der Waals surface area contributed by atoms with Crippen molar-refractivity contribution in [2.24, 2.45) is 0 Å². The third-order valence-electron chi connectivity index (χ3n) is 3.69. The van der Waals surface area contributed by atoms with Crippen LogP contribution < -0.4 is 10.9 Å². The first-order valence-electron chi connectivity index (χ1n) is 7.78. The molecule has 0 radical (unpaired) electrons. The van der Waals surface area contributed by atoms with E-state index in [1.807, 2.05) is 6.07 Å². The SMILES string of the molecule is N=C(NC(=O)c1ccc(=O)n(Cc2cccnc2)c1)c1ccc(F)cc1. The van der Waals surface area contributed by atoms with Crippen LogP contribution in [0, 0.1) is 11.2 Å². The third-order valence-corrected chi connectivity index (χ3v) is 3.69. The minimum Gasteiger partial charge on any atom is -0.310 e. The predicted octanol–water partition coefficient (Wildman–Crippen LogP) is 2.19. The molecule has 3 aromatic rings. The van der Waals surface area contributed by atoms with Gasteiger partial charge in [-0.25, -0.2) is 4.39 Å². The average Bonchev–Trinajstić information content (AvgIpc) is 2.65. The summed E-state index contributed by atoms with van der Waals surface area (Å²) in [7, 11) is 0. The predicted molar refractivity (Wildman–Crippen MR) is 94.7 cm³/mol. The molecule has 0 atom stereocenters. The number of hydrogen-bond donors (Lipinski definition) is 2. The smallest absolute Gasteiger partial charge is 0.258 e. The molecule has 3 rings (SSSR count). The van der Waals surface area contributed by atoms with Gasteiger partial charge in [-0.1, -0.05) is 6.07 Å². The Balaban J connectivity index is 1.77. The number of hydrogen-bond acceptors (Lipinski definition) is 4. The Hall–Kier alpha value is -3.61. The van der Waals surface area contributed by atoms with E-state index in [1.54, 1.807) is 18.5 Å². The first kappa shape index (κ1) is 17.2. The van der Waals surface area contributed by atoms with Gasteiger partial charge in [-0.15, -0.1) is 0 Å². The molecule has 1 aromatic carbocycles. The molecule has 2 aromatic heterocycles. The average molecular weight is 350 g/mol. The summed E-state index contributed by atoms with van der Waals surface area (Å²) in [6.45, 7) is 0.281. The lowest BCUT2D eigenvalue weighted by Gasteiger charge is -2.10. The molecule has 130 valence electrons. The maximum Gasteiger partial charge on any atom is 0.258 e. The lowest BCUT2D eigenvalue weighted by atomic mass is 10.2. The minimum atomic E-state index is -0.528. The highest BCUT2D eigenvalue weighted by Crippen LogP contribution is 2.05. The summed E-state index contributed by atoms with van der Waals surface area (Å²) in [5.41, 5.74) is 1.19. The summed E-state index contributed by atoms with van der Waals surface area (Å²) in [4.78, 5) is 28.4. The highest BCUT2D eigenvalue weighted by atomic mass is 19.1. The van der Waals surface area contributed by atoms with Crippen molar-refractivity contribution < 1.29 is 9.18 Å². The van der Waals surface area contributed by atoms with Crippen LogP contribution in [-0.4, -0.2) is 21.3 Å². The quantitative estimate of drug-likeness (QED) is 0.558. The van der Waals surface area contributed by atoms with Crippen LogP contribution in [0.1, 0.15) is 21.5 Å². The molecule has 0 aliphatic carbocycles. The molecule has 2 N–H and O–H groups in total. The normalized spacial score (nSPS) is 10.3. The standard InChI is InChI=1S/C19H15FN4O2/c20-16-6-3-14(4-7-16)18(21)23-19(26)15-5-8-17(25)24(12-15)11-13-2-1-9-22-10-13/h1-10,12H,11H2,(H2,21,23,26). The minimum absolute atomic E-state index is 0.153. The van der Waals surface area contributed by atoms with E-state index >= 15 is 0 Å². The largest absolute Gasteiger partial charge is 0.310 e. The van der Waals surface area contributed by atoms with Crippen LogP contribution in [0.4, 0.5) is 4.39 Å². The van der Waals surface area contributed by atoms with Crippen molar-refractivity contribution in [3.63, 3.8) is 0 Å². The van der Waals surface area contributed by atoms with Crippen molar-refractivity contribution >= 4 is 11.7 Å². The Morgan fingerprint density at radius 1 is 1.12 bits per heavy atom. The fourth-order valence-electron chi connectivity index (χ4n) is 2.35. The molecule has 0 unspecified atom stereocenters. The molecule has 2 heterocycles. The molecule has 6 nitrogen and oxygen atoms in total. The number of carbonyl (C=O) groups excluding carboxylic acids is 1. The molecule has 26 heavy (non-hydrogen) atoms. The third kappa shape index (κ3) is 4.07. The molecule has 0 fully saturated rings. The number of pyridine rings is 2. The zero-order chi connectivity index (χ0) is 18.5. The molecule has 0 saturated heterocycles. The molecular weight excluding hydrogens is 335 g/mol. The summed E-state index contributed by atoms with van der Waals surface area (Å²) in [6.07, 6.45) is 4.71. The van der Waals surface area contributed by atoms with Crippen molar-refractivity contribution in [1.82, 2.24) is 14.9 Å². The monoisotopic (exact) mass is 350 g/mol. The van der Waals surface area contributed by atoms with Gasteiger partial charge in [0.05, 0.1) is 12.1 Å². The first-order chi connectivity index (χ1) is 12.5. The van der Waals surface area contributed by atoms with Crippen molar-refractivity contribution in [2.75, 3.05) is 0 Å². The van der Waals surface area contributed by atoms with Gasteiger partial charge in [0.25, 0.3) is 11.5 Å². The van der Waals surface area contributed by atoms with Crippen molar-refractivity contribution in [2.45, 2.75) is 6.54 Å². The van der Waals surface area contributed by atoms with Gasteiger partial charge in [-0.3, -0.25) is 20.0 Å². The van der Waals surface area contributed by atoms with E-state index in [4.69, 9.17) is 5.41 Å². The van der Waals surface area contributed by atoms with Crippen LogP contribution in [0.3, 0.4) is 0 Å². The molecule has 0 aliphatic heterocycles. The second-order valence-electron chi connectivity index (χ2n) is 5.58. The number of amidine groups is 1. The Kier molecular flexibility index (Phi) is 4.98. The van der Waals surface area contributed by atoms with Gasteiger partial charge in [0.1, 0.15) is 11.7 Å². The van der Waals surface area contributed by atoms with Crippen LogP contribution >= 0.6 is 0 Å². The molecule has 7 heteroatoms. The second kappa shape index (κ2) is 7.52. The zero-order valence-electron chi connectivity index (χ0n) is 13.6. The Morgan fingerprint density at radius 3 is 2.54 bits per heavy atom. The summed E-state index contributed by atoms with van der Waals surface area (Å²) in [5.74, 6) is -1.10. The first-order valence-corrected chi connectivity index (χ1v) is 7.78. The van der Waals surface area contributed by atoms with Crippen molar-refractivity contribution in [1.29, 1.82) is 5.41 Å². The van der Waals surface area contributed by atoms with Gasteiger partial charge >= 0.3 is 0 Å². The highest BCUT2D eigenvalue weighted by Gasteiger charge is 2.11. The van der Waals surface area contributed by atoms with Gasteiger partial charge < -0.3 is 9.88 Å². The Bertz CT molecular complexity index is 998. The van der Waals surface area contributed by atoms with Gasteiger partial charge in [0, 0.05) is 30.2 Å². The Labute approximate surface area is 148 Å². The summed E-state index contributed by atoms with van der Waals surface area (Å²) in [5, 5.41) is 10.4. The zero-order valence-corrected chi connectivity index (χ0v) is 13.6. The van der Waals surface area contributed by atoms with E-state index < -0.39 is 11.7 Å². The molecule has 1 amide bonds. The number of rotatable bonds is 4. The number of carbonyl (C=O) groups is 1. The topological polar surface area (TPSA) is 87.8 Å². The maximum atomic E-state index is 12.9. The second-order valence-corrected chi connectivity index (χ2v) is 5.58. The summed E-state index contributed by atoms with van der Waals surface area (Å²) < 4.78 is 14.3. The van der Waals surface area contributed by atoms with Gasteiger partial charge in [-0.2, -0.15) is 0 Å². The van der Waals surface area contributed by atoms with E-state index in [0.717, 1.165) is 5.56 Å². The van der Waals surface area contributed by atoms with Gasteiger partial charge in [-0.05, 0) is 42.0 Å². The number of nitrogens with one attached hydrogen (secondary N) is 2. The van der Waals surface area contributed by atoms with E-state index in [0.29, 0.717) is 5.56 Å². The van der Waals surface area contributed by atoms with Gasteiger partial charge in [0.15, 0.2) is 0 Å². The number of aromatic nitrogens is 2. The van der Waals surface area contributed by atoms with Gasteiger partial charge in [0.2, 0.25) is 0 Å². The number of amides is 1. The van der Waals surface area contributed by atoms with Crippen LogP contribution in [0.5, 0.6) is 0 Å². The van der Waals surface area contributed by atoms with Crippen molar-refractivity contribution in [3.05, 3.63) is 100.0 Å². The molecule has 0 spiro atoms. The number of nitrogens with zero attached hydrogens (tertiary/aromatic N) is 2. The lowest BCUT2D eigenvalue weighted by Crippen LogP contribution is -2.32. The number of halogens is 1. The molecule has 0 bridgehead atoms. The van der Waals surface area contributed by atoms with Crippen molar-refractivity contribution in [3.8, 4) is 0 Å². The fourth-order valence-corrected chi connectivity index (χ4v) is 2.35.